The Labute approximate surface area is 138 Å². The summed E-state index contributed by atoms with van der Waals surface area (Å²) in [7, 11) is 0. The van der Waals surface area contributed by atoms with Crippen LogP contribution in [0.25, 0.3) is 0 Å². The van der Waals surface area contributed by atoms with E-state index in [1.807, 2.05) is 12.3 Å². The number of thioether (sulfide) groups is 1. The van der Waals surface area contributed by atoms with Gasteiger partial charge < -0.3 is 15.7 Å². The number of anilines is 1. The lowest BCUT2D eigenvalue weighted by molar-refractivity contribution is -0.139. The number of rotatable bonds is 6. The van der Waals surface area contributed by atoms with Gasteiger partial charge in [0.15, 0.2) is 0 Å². The van der Waals surface area contributed by atoms with Gasteiger partial charge in [-0.2, -0.15) is 11.8 Å². The summed E-state index contributed by atoms with van der Waals surface area (Å²) < 4.78 is 1.53. The van der Waals surface area contributed by atoms with Crippen LogP contribution in [0.5, 0.6) is 0 Å². The first-order valence-electron chi connectivity index (χ1n) is 5.68. The lowest BCUT2D eigenvalue weighted by Crippen LogP contribution is -2.43. The van der Waals surface area contributed by atoms with E-state index >= 15 is 0 Å². The van der Waals surface area contributed by atoms with E-state index in [0.717, 1.165) is 4.47 Å². The SMILES string of the molecule is CSCC[C@@H](NC(=O)Nc1cc(Br)ccc1Br)C(=O)O. The summed E-state index contributed by atoms with van der Waals surface area (Å²) in [6, 6.07) is 3.89. The first-order chi connectivity index (χ1) is 9.43. The van der Waals surface area contributed by atoms with Crippen LogP contribution in [-0.2, 0) is 4.79 Å². The molecule has 0 unspecified atom stereocenters. The average molecular weight is 426 g/mol. The minimum atomic E-state index is -1.04. The first-order valence-corrected chi connectivity index (χ1v) is 8.66. The monoisotopic (exact) mass is 424 g/mol. The highest BCUT2D eigenvalue weighted by Gasteiger charge is 2.19. The maximum Gasteiger partial charge on any atom is 0.326 e. The number of halogens is 2. The number of hydrogen-bond donors (Lipinski definition) is 3. The van der Waals surface area contributed by atoms with Crippen molar-refractivity contribution >= 4 is 61.3 Å². The summed E-state index contributed by atoms with van der Waals surface area (Å²) in [5, 5.41) is 14.1. The smallest absolute Gasteiger partial charge is 0.326 e. The van der Waals surface area contributed by atoms with E-state index in [9.17, 15) is 9.59 Å². The predicted octanol–water partition coefficient (Wildman–Crippen LogP) is 3.54. The summed E-state index contributed by atoms with van der Waals surface area (Å²) in [4.78, 5) is 22.9. The van der Waals surface area contributed by atoms with Gasteiger partial charge in [-0.15, -0.1) is 0 Å². The summed E-state index contributed by atoms with van der Waals surface area (Å²) in [5.74, 6) is -0.375. The van der Waals surface area contributed by atoms with Crippen LogP contribution in [0.2, 0.25) is 0 Å². The molecule has 0 heterocycles. The van der Waals surface area contributed by atoms with Crippen LogP contribution in [0.3, 0.4) is 0 Å². The van der Waals surface area contributed by atoms with E-state index in [4.69, 9.17) is 5.11 Å². The van der Waals surface area contributed by atoms with Crippen molar-refractivity contribution in [3.8, 4) is 0 Å². The molecule has 1 atom stereocenters. The average Bonchev–Trinajstić information content (AvgIpc) is 2.38. The summed E-state index contributed by atoms with van der Waals surface area (Å²) in [6.07, 6.45) is 2.27. The summed E-state index contributed by atoms with van der Waals surface area (Å²) >= 11 is 8.15. The van der Waals surface area contributed by atoms with Gasteiger partial charge in [-0.05, 0) is 52.6 Å². The van der Waals surface area contributed by atoms with Gasteiger partial charge >= 0.3 is 12.0 Å². The van der Waals surface area contributed by atoms with Crippen LogP contribution in [-0.4, -0.2) is 35.2 Å². The fourth-order valence-corrected chi connectivity index (χ4v) is 2.58. The molecule has 20 heavy (non-hydrogen) atoms. The lowest BCUT2D eigenvalue weighted by Gasteiger charge is -2.15. The zero-order valence-corrected chi connectivity index (χ0v) is 14.6. The van der Waals surface area contributed by atoms with Crippen molar-refractivity contribution in [2.24, 2.45) is 0 Å². The number of urea groups is 1. The highest BCUT2D eigenvalue weighted by molar-refractivity contribution is 9.11. The van der Waals surface area contributed by atoms with Gasteiger partial charge in [-0.25, -0.2) is 9.59 Å². The molecule has 5 nitrogen and oxygen atoms in total. The van der Waals surface area contributed by atoms with Gasteiger partial charge in [0.05, 0.1) is 5.69 Å². The van der Waals surface area contributed by atoms with E-state index in [1.165, 1.54) is 11.8 Å². The number of carbonyl (C=O) groups excluding carboxylic acids is 1. The molecule has 0 saturated heterocycles. The molecule has 0 spiro atoms. The number of aliphatic carboxylic acids is 1. The molecule has 3 N–H and O–H groups in total. The Balaban J connectivity index is 2.65. The maximum absolute atomic E-state index is 11.8. The topological polar surface area (TPSA) is 78.4 Å². The number of hydrogen-bond acceptors (Lipinski definition) is 3. The second-order valence-electron chi connectivity index (χ2n) is 3.89. The molecule has 0 saturated carbocycles. The molecular formula is C12H14Br2N2O3S. The van der Waals surface area contributed by atoms with E-state index in [-0.39, 0.29) is 0 Å². The van der Waals surface area contributed by atoms with Crippen LogP contribution >= 0.6 is 43.6 Å². The minimum absolute atomic E-state index is 0.379. The molecule has 8 heteroatoms. The van der Waals surface area contributed by atoms with Crippen LogP contribution < -0.4 is 10.6 Å². The van der Waals surface area contributed by atoms with Gasteiger partial charge in [0.25, 0.3) is 0 Å². The third kappa shape index (κ3) is 5.72. The van der Waals surface area contributed by atoms with Crippen LogP contribution in [0.1, 0.15) is 6.42 Å². The molecule has 2 amide bonds. The van der Waals surface area contributed by atoms with Crippen LogP contribution in [0.4, 0.5) is 10.5 Å². The van der Waals surface area contributed by atoms with E-state index in [0.29, 0.717) is 22.3 Å². The largest absolute Gasteiger partial charge is 0.480 e. The Kier molecular flexibility index (Phi) is 7.39. The van der Waals surface area contributed by atoms with Crippen molar-refractivity contribution in [1.29, 1.82) is 0 Å². The standard InChI is InChI=1S/C12H14Br2N2O3S/c1-20-5-4-9(11(17)18)15-12(19)16-10-6-7(13)2-3-8(10)14/h2-3,6,9H,4-5H2,1H3,(H,17,18)(H2,15,16,19)/t9-/m1/s1. The van der Waals surface area contributed by atoms with Gasteiger partial charge in [0.1, 0.15) is 6.04 Å². The second kappa shape index (κ2) is 8.53. The maximum atomic E-state index is 11.8. The van der Waals surface area contributed by atoms with Crippen molar-refractivity contribution in [2.45, 2.75) is 12.5 Å². The molecule has 110 valence electrons. The molecule has 1 rings (SSSR count). The van der Waals surface area contributed by atoms with Gasteiger partial charge in [-0.1, -0.05) is 15.9 Å². The molecule has 1 aromatic rings. The number of carbonyl (C=O) groups is 2. The number of nitrogens with one attached hydrogen (secondary N) is 2. The molecule has 0 fully saturated rings. The Morgan fingerprint density at radius 2 is 2.10 bits per heavy atom. The van der Waals surface area contributed by atoms with Crippen molar-refractivity contribution in [3.05, 3.63) is 27.1 Å². The number of carboxylic acid groups (broad SMARTS) is 1. The Morgan fingerprint density at radius 3 is 2.70 bits per heavy atom. The minimum Gasteiger partial charge on any atom is -0.480 e. The van der Waals surface area contributed by atoms with Crippen molar-refractivity contribution in [1.82, 2.24) is 5.32 Å². The Morgan fingerprint density at radius 1 is 1.40 bits per heavy atom. The zero-order valence-electron chi connectivity index (χ0n) is 10.7. The number of benzene rings is 1. The zero-order chi connectivity index (χ0) is 15.1. The highest BCUT2D eigenvalue weighted by atomic mass is 79.9. The highest BCUT2D eigenvalue weighted by Crippen LogP contribution is 2.26. The van der Waals surface area contributed by atoms with Gasteiger partial charge in [0.2, 0.25) is 0 Å². The molecule has 0 aliphatic rings. The third-order valence-electron chi connectivity index (χ3n) is 2.39. The Bertz CT molecular complexity index is 500. The molecule has 1 aromatic carbocycles. The fraction of sp³-hybridized carbons (Fsp3) is 0.333. The normalized spacial score (nSPS) is 11.8. The number of amides is 2. The van der Waals surface area contributed by atoms with Gasteiger partial charge in [0, 0.05) is 8.95 Å². The second-order valence-corrected chi connectivity index (χ2v) is 6.65. The third-order valence-corrected chi connectivity index (χ3v) is 4.22. The molecule has 0 aromatic heterocycles. The summed E-state index contributed by atoms with van der Waals surface area (Å²) in [5.41, 5.74) is 0.561. The van der Waals surface area contributed by atoms with Crippen molar-refractivity contribution < 1.29 is 14.7 Å². The van der Waals surface area contributed by atoms with Crippen molar-refractivity contribution in [3.63, 3.8) is 0 Å². The quantitative estimate of drug-likeness (QED) is 0.651. The first kappa shape index (κ1) is 17.3. The van der Waals surface area contributed by atoms with Crippen LogP contribution in [0.15, 0.2) is 27.1 Å². The van der Waals surface area contributed by atoms with Gasteiger partial charge in [-0.3, -0.25) is 0 Å². The van der Waals surface area contributed by atoms with Crippen LogP contribution in [0, 0.1) is 0 Å². The Hall–Kier alpha value is -0.730. The summed E-state index contributed by atoms with van der Waals surface area (Å²) in [6.45, 7) is 0. The molecule has 0 aliphatic carbocycles. The molecule has 0 bridgehead atoms. The van der Waals surface area contributed by atoms with E-state index in [1.54, 1.807) is 12.1 Å². The molecule has 0 radical (unpaired) electrons. The van der Waals surface area contributed by atoms with E-state index in [2.05, 4.69) is 42.5 Å². The fourth-order valence-electron chi connectivity index (χ4n) is 1.40. The number of carboxylic acids is 1. The predicted molar refractivity (Wildman–Crippen MR) is 88.4 cm³/mol. The molecule has 0 aliphatic heterocycles. The molecular weight excluding hydrogens is 412 g/mol. The van der Waals surface area contributed by atoms with Crippen molar-refractivity contribution in [2.75, 3.05) is 17.3 Å². The van der Waals surface area contributed by atoms with E-state index < -0.39 is 18.0 Å². The lowest BCUT2D eigenvalue weighted by atomic mass is 10.2.